The third-order valence-electron chi connectivity index (χ3n) is 3.09. The van der Waals surface area contributed by atoms with E-state index < -0.39 is 0 Å². The maximum absolute atomic E-state index is 5.99. The predicted molar refractivity (Wildman–Crippen MR) is 52.7 cm³/mol. The molecule has 0 aromatic carbocycles. The minimum absolute atomic E-state index is 0.0189. The number of hydrogen-bond donors (Lipinski definition) is 0. The number of ether oxygens (including phenoxy) is 1. The van der Waals surface area contributed by atoms with Gasteiger partial charge < -0.3 is 4.74 Å². The molecule has 12 heavy (non-hydrogen) atoms. The second-order valence-corrected chi connectivity index (χ2v) is 3.93. The highest BCUT2D eigenvalue weighted by molar-refractivity contribution is 6.18. The van der Waals surface area contributed by atoms with Gasteiger partial charge in [-0.3, -0.25) is 0 Å². The van der Waals surface area contributed by atoms with Gasteiger partial charge in [-0.15, -0.1) is 11.6 Å². The number of rotatable bonds is 4. The Labute approximate surface area is 80.4 Å². The standard InChI is InChI=1S/C10H19ClO/c1-3-9(4-2)10(8-11)6-5-7-12-10/h9H,3-8H2,1-2H3. The van der Waals surface area contributed by atoms with E-state index in [1.54, 1.807) is 0 Å². The molecular formula is C10H19ClO. The van der Waals surface area contributed by atoms with Crippen molar-refractivity contribution in [1.29, 1.82) is 0 Å². The van der Waals surface area contributed by atoms with E-state index in [2.05, 4.69) is 13.8 Å². The molecule has 0 radical (unpaired) electrons. The molecule has 1 saturated heterocycles. The minimum atomic E-state index is 0.0189. The lowest BCUT2D eigenvalue weighted by Crippen LogP contribution is -2.38. The Hall–Kier alpha value is 0.250. The van der Waals surface area contributed by atoms with Crippen molar-refractivity contribution < 1.29 is 4.74 Å². The maximum atomic E-state index is 5.99. The smallest absolute Gasteiger partial charge is 0.0845 e. The van der Waals surface area contributed by atoms with Crippen LogP contribution in [-0.4, -0.2) is 18.1 Å². The first-order valence-corrected chi connectivity index (χ1v) is 5.52. The normalized spacial score (nSPS) is 30.0. The molecule has 0 N–H and O–H groups in total. The zero-order valence-electron chi connectivity index (χ0n) is 8.11. The molecular weight excluding hydrogens is 172 g/mol. The topological polar surface area (TPSA) is 9.23 Å². The van der Waals surface area contributed by atoms with Gasteiger partial charge in [-0.25, -0.2) is 0 Å². The molecule has 72 valence electrons. The molecule has 1 unspecified atom stereocenters. The lowest BCUT2D eigenvalue weighted by atomic mass is 9.83. The summed E-state index contributed by atoms with van der Waals surface area (Å²) in [6.45, 7) is 5.36. The van der Waals surface area contributed by atoms with Crippen LogP contribution in [0.15, 0.2) is 0 Å². The average Bonchev–Trinajstić information content (AvgIpc) is 2.56. The van der Waals surface area contributed by atoms with Gasteiger partial charge in [-0.1, -0.05) is 26.7 Å². The van der Waals surface area contributed by atoms with Gasteiger partial charge in [0.15, 0.2) is 0 Å². The first-order valence-electron chi connectivity index (χ1n) is 4.99. The lowest BCUT2D eigenvalue weighted by molar-refractivity contribution is -0.0285. The Morgan fingerprint density at radius 1 is 1.42 bits per heavy atom. The van der Waals surface area contributed by atoms with Crippen LogP contribution in [0.4, 0.5) is 0 Å². The molecule has 0 saturated carbocycles. The van der Waals surface area contributed by atoms with Crippen molar-refractivity contribution in [3.63, 3.8) is 0 Å². The van der Waals surface area contributed by atoms with Crippen molar-refractivity contribution in [1.82, 2.24) is 0 Å². The molecule has 0 amide bonds. The molecule has 1 aliphatic rings. The van der Waals surface area contributed by atoms with Crippen LogP contribution < -0.4 is 0 Å². The van der Waals surface area contributed by atoms with E-state index in [4.69, 9.17) is 16.3 Å². The third kappa shape index (κ3) is 1.77. The summed E-state index contributed by atoms with van der Waals surface area (Å²) in [7, 11) is 0. The minimum Gasteiger partial charge on any atom is -0.373 e. The van der Waals surface area contributed by atoms with Gasteiger partial charge in [0, 0.05) is 6.61 Å². The van der Waals surface area contributed by atoms with Crippen LogP contribution in [0.5, 0.6) is 0 Å². The largest absolute Gasteiger partial charge is 0.373 e. The average molecular weight is 191 g/mol. The summed E-state index contributed by atoms with van der Waals surface area (Å²) in [4.78, 5) is 0. The van der Waals surface area contributed by atoms with Crippen LogP contribution in [0.2, 0.25) is 0 Å². The molecule has 2 heteroatoms. The van der Waals surface area contributed by atoms with E-state index in [1.807, 2.05) is 0 Å². The second kappa shape index (κ2) is 4.48. The summed E-state index contributed by atoms with van der Waals surface area (Å²) in [6, 6.07) is 0. The zero-order chi connectivity index (χ0) is 9.03. The number of halogens is 1. The van der Waals surface area contributed by atoms with E-state index in [0.717, 1.165) is 13.0 Å². The van der Waals surface area contributed by atoms with Crippen LogP contribution in [0, 0.1) is 5.92 Å². The Balaban J connectivity index is 2.63. The molecule has 1 fully saturated rings. The fraction of sp³-hybridized carbons (Fsp3) is 1.00. The van der Waals surface area contributed by atoms with Crippen molar-refractivity contribution in [2.24, 2.45) is 5.92 Å². The zero-order valence-corrected chi connectivity index (χ0v) is 8.86. The van der Waals surface area contributed by atoms with Crippen LogP contribution >= 0.6 is 11.6 Å². The van der Waals surface area contributed by atoms with E-state index in [1.165, 1.54) is 19.3 Å². The molecule has 1 heterocycles. The van der Waals surface area contributed by atoms with Gasteiger partial charge in [0.2, 0.25) is 0 Å². The van der Waals surface area contributed by atoms with Crippen LogP contribution in [0.25, 0.3) is 0 Å². The van der Waals surface area contributed by atoms with Crippen molar-refractivity contribution in [3.05, 3.63) is 0 Å². The molecule has 0 aromatic heterocycles. The van der Waals surface area contributed by atoms with E-state index in [-0.39, 0.29) is 5.60 Å². The summed E-state index contributed by atoms with van der Waals surface area (Å²) < 4.78 is 5.80. The highest BCUT2D eigenvalue weighted by Gasteiger charge is 2.39. The fourth-order valence-electron chi connectivity index (χ4n) is 2.29. The van der Waals surface area contributed by atoms with Crippen molar-refractivity contribution in [2.45, 2.75) is 45.1 Å². The van der Waals surface area contributed by atoms with Crippen LogP contribution in [-0.2, 0) is 4.74 Å². The molecule has 1 rings (SSSR count). The van der Waals surface area contributed by atoms with Crippen molar-refractivity contribution in [2.75, 3.05) is 12.5 Å². The summed E-state index contributed by atoms with van der Waals surface area (Å²) in [5.41, 5.74) is 0.0189. The van der Waals surface area contributed by atoms with Crippen LogP contribution in [0.1, 0.15) is 39.5 Å². The van der Waals surface area contributed by atoms with Gasteiger partial charge in [0.05, 0.1) is 11.5 Å². The van der Waals surface area contributed by atoms with E-state index >= 15 is 0 Å². The molecule has 0 aromatic rings. The SMILES string of the molecule is CCC(CC)C1(CCl)CCCO1. The van der Waals surface area contributed by atoms with Crippen molar-refractivity contribution >= 4 is 11.6 Å². The summed E-state index contributed by atoms with van der Waals surface area (Å²) in [6.07, 6.45) is 4.71. The van der Waals surface area contributed by atoms with Gasteiger partial charge in [-0.05, 0) is 18.8 Å². The van der Waals surface area contributed by atoms with Gasteiger partial charge in [0.1, 0.15) is 0 Å². The predicted octanol–water partition coefficient (Wildman–Crippen LogP) is 3.21. The van der Waals surface area contributed by atoms with Crippen LogP contribution in [0.3, 0.4) is 0 Å². The summed E-state index contributed by atoms with van der Waals surface area (Å²) >= 11 is 5.99. The van der Waals surface area contributed by atoms with Gasteiger partial charge in [-0.2, -0.15) is 0 Å². The molecule has 0 spiro atoms. The Bertz CT molecular complexity index is 126. The molecule has 1 aliphatic heterocycles. The Morgan fingerprint density at radius 2 is 2.08 bits per heavy atom. The summed E-state index contributed by atoms with van der Waals surface area (Å²) in [5.74, 6) is 1.32. The van der Waals surface area contributed by atoms with E-state index in [0.29, 0.717) is 11.8 Å². The molecule has 1 atom stereocenters. The molecule has 0 aliphatic carbocycles. The Kier molecular flexibility index (Phi) is 3.85. The van der Waals surface area contributed by atoms with Gasteiger partial charge >= 0.3 is 0 Å². The first kappa shape index (κ1) is 10.3. The second-order valence-electron chi connectivity index (χ2n) is 3.66. The first-order chi connectivity index (χ1) is 5.79. The lowest BCUT2D eigenvalue weighted by Gasteiger charge is -2.33. The quantitative estimate of drug-likeness (QED) is 0.619. The number of hydrogen-bond acceptors (Lipinski definition) is 1. The highest BCUT2D eigenvalue weighted by atomic mass is 35.5. The third-order valence-corrected chi connectivity index (χ3v) is 3.54. The number of alkyl halides is 1. The Morgan fingerprint density at radius 3 is 2.42 bits per heavy atom. The molecule has 0 bridgehead atoms. The van der Waals surface area contributed by atoms with Gasteiger partial charge in [0.25, 0.3) is 0 Å². The van der Waals surface area contributed by atoms with E-state index in [9.17, 15) is 0 Å². The highest BCUT2D eigenvalue weighted by Crippen LogP contribution is 2.37. The monoisotopic (exact) mass is 190 g/mol. The molecule has 1 nitrogen and oxygen atoms in total. The van der Waals surface area contributed by atoms with Crippen molar-refractivity contribution in [3.8, 4) is 0 Å². The fourth-order valence-corrected chi connectivity index (χ4v) is 2.72. The maximum Gasteiger partial charge on any atom is 0.0845 e. The summed E-state index contributed by atoms with van der Waals surface area (Å²) in [5, 5.41) is 0.